The number of nitrogens with zero attached hydrogens (tertiary/aromatic N) is 4. The van der Waals surface area contributed by atoms with Crippen molar-refractivity contribution in [3.8, 4) is 0 Å². The highest BCUT2D eigenvalue weighted by molar-refractivity contribution is 7.92. The maximum Gasteiger partial charge on any atom is 0.261 e. The molecule has 0 unspecified atom stereocenters. The molecule has 0 bridgehead atoms. The van der Waals surface area contributed by atoms with Crippen LogP contribution in [0.1, 0.15) is 18.9 Å². The van der Waals surface area contributed by atoms with Crippen LogP contribution in [-0.2, 0) is 21.2 Å². The first-order chi connectivity index (χ1) is 18.2. The molecule has 0 radical (unpaired) electrons. The second kappa shape index (κ2) is 11.0. The zero-order valence-corrected chi connectivity index (χ0v) is 23.3. The molecule has 0 saturated carbocycles. The molecule has 38 heavy (non-hydrogen) atoms. The fraction of sp³-hybridized carbons (Fsp3) is 0.333. The van der Waals surface area contributed by atoms with E-state index in [-0.39, 0.29) is 22.0 Å². The molecule has 3 heterocycles. The number of nitrogens with one attached hydrogen (secondary N) is 1. The predicted molar refractivity (Wildman–Crippen MR) is 152 cm³/mol. The van der Waals surface area contributed by atoms with Gasteiger partial charge in [-0.05, 0) is 79.9 Å². The van der Waals surface area contributed by atoms with E-state index in [1.165, 1.54) is 17.8 Å². The molecule has 1 fully saturated rings. The van der Waals surface area contributed by atoms with Crippen molar-refractivity contribution in [1.29, 1.82) is 0 Å². The average Bonchev–Trinajstić information content (AvgIpc) is 2.91. The number of benzene rings is 2. The highest BCUT2D eigenvalue weighted by Gasteiger charge is 2.31. The van der Waals surface area contributed by atoms with Crippen LogP contribution in [0.25, 0.3) is 0 Å². The molecule has 1 amide bonds. The first-order valence-electron chi connectivity index (χ1n) is 12.5. The minimum Gasteiger partial charge on any atom is -0.368 e. The fourth-order valence-electron chi connectivity index (χ4n) is 5.10. The van der Waals surface area contributed by atoms with Crippen molar-refractivity contribution < 1.29 is 13.2 Å². The third-order valence-electron chi connectivity index (χ3n) is 7.10. The summed E-state index contributed by atoms with van der Waals surface area (Å²) in [6, 6.07) is 15.4. The van der Waals surface area contributed by atoms with E-state index in [1.807, 2.05) is 30.0 Å². The zero-order valence-electron chi connectivity index (χ0n) is 21.0. The maximum absolute atomic E-state index is 13.4. The van der Waals surface area contributed by atoms with Crippen LogP contribution in [0.15, 0.2) is 65.7 Å². The van der Waals surface area contributed by atoms with Gasteiger partial charge in [-0.15, -0.1) is 0 Å². The quantitative estimate of drug-likeness (QED) is 0.431. The summed E-state index contributed by atoms with van der Waals surface area (Å²) in [7, 11) is -3.76. The van der Waals surface area contributed by atoms with E-state index in [4.69, 9.17) is 23.2 Å². The number of anilines is 3. The Bertz CT molecular complexity index is 1430. The smallest absolute Gasteiger partial charge is 0.261 e. The number of sulfonamides is 1. The van der Waals surface area contributed by atoms with E-state index in [0.29, 0.717) is 31.9 Å². The summed E-state index contributed by atoms with van der Waals surface area (Å²) >= 11 is 12.0. The lowest BCUT2D eigenvalue weighted by Gasteiger charge is -2.41. The highest BCUT2D eigenvalue weighted by Crippen LogP contribution is 2.31. The number of aryl methyl sites for hydroxylation is 1. The number of halogens is 2. The number of rotatable bonds is 6. The van der Waals surface area contributed by atoms with Crippen molar-refractivity contribution in [3.63, 3.8) is 0 Å². The van der Waals surface area contributed by atoms with Crippen molar-refractivity contribution in [1.82, 2.24) is 9.88 Å². The summed E-state index contributed by atoms with van der Waals surface area (Å²) in [5.74, 6) is 0.121. The molecule has 1 saturated heterocycles. The maximum atomic E-state index is 13.4. The molecule has 8 nitrogen and oxygen atoms in total. The van der Waals surface area contributed by atoms with Gasteiger partial charge in [0, 0.05) is 55.3 Å². The summed E-state index contributed by atoms with van der Waals surface area (Å²) in [6.45, 7) is 5.38. The summed E-state index contributed by atoms with van der Waals surface area (Å²) in [4.78, 5) is 23.7. The van der Waals surface area contributed by atoms with Gasteiger partial charge >= 0.3 is 0 Å². The lowest BCUT2D eigenvalue weighted by atomic mass is 10.00. The van der Waals surface area contributed by atoms with E-state index in [1.54, 1.807) is 30.3 Å². The van der Waals surface area contributed by atoms with Gasteiger partial charge in [0.15, 0.2) is 0 Å². The van der Waals surface area contributed by atoms with Crippen LogP contribution in [0.2, 0.25) is 10.2 Å². The van der Waals surface area contributed by atoms with E-state index < -0.39 is 10.0 Å². The molecular weight excluding hydrogens is 545 g/mol. The molecule has 2 aliphatic rings. The Hall–Kier alpha value is -3.01. The van der Waals surface area contributed by atoms with E-state index in [2.05, 4.69) is 19.5 Å². The molecule has 2 aromatic carbocycles. The molecule has 3 aromatic rings. The number of pyridine rings is 1. The number of fused-ring (bicyclic) bond motifs is 1. The van der Waals surface area contributed by atoms with Gasteiger partial charge in [0.25, 0.3) is 10.0 Å². The molecule has 200 valence electrons. The van der Waals surface area contributed by atoms with Crippen molar-refractivity contribution in [2.45, 2.75) is 30.7 Å². The number of piperazine rings is 1. The van der Waals surface area contributed by atoms with Gasteiger partial charge in [-0.1, -0.05) is 23.2 Å². The average molecular weight is 575 g/mol. The van der Waals surface area contributed by atoms with E-state index >= 15 is 0 Å². The van der Waals surface area contributed by atoms with Crippen LogP contribution in [0.4, 0.5) is 17.1 Å². The predicted octanol–water partition coefficient (Wildman–Crippen LogP) is 4.68. The lowest BCUT2D eigenvalue weighted by Crippen LogP contribution is -2.55. The van der Waals surface area contributed by atoms with Crippen LogP contribution in [0, 0.1) is 0 Å². The minimum absolute atomic E-state index is 0.121. The first kappa shape index (κ1) is 26.6. The van der Waals surface area contributed by atoms with Crippen LogP contribution in [0.5, 0.6) is 0 Å². The van der Waals surface area contributed by atoms with Crippen LogP contribution < -0.4 is 14.5 Å². The summed E-state index contributed by atoms with van der Waals surface area (Å²) in [5, 5.41) is 0.930. The molecule has 2 aliphatic heterocycles. The third kappa shape index (κ3) is 5.70. The molecule has 1 N–H and O–H groups in total. The number of hydrogen-bond donors (Lipinski definition) is 1. The van der Waals surface area contributed by atoms with Gasteiger partial charge in [0.2, 0.25) is 5.91 Å². The van der Waals surface area contributed by atoms with Crippen molar-refractivity contribution >= 4 is 56.2 Å². The van der Waals surface area contributed by atoms with Crippen molar-refractivity contribution in [3.05, 3.63) is 76.5 Å². The largest absolute Gasteiger partial charge is 0.368 e. The Morgan fingerprint density at radius 2 is 1.71 bits per heavy atom. The van der Waals surface area contributed by atoms with Crippen molar-refractivity contribution in [2.75, 3.05) is 47.2 Å². The Morgan fingerprint density at radius 3 is 2.42 bits per heavy atom. The SMILES string of the molecule is C[C@H](C(=O)N1CCN(c2ccc(S(=O)(=O)Nc3ccnc(Cl)c3)cc2)CC1)N1CCCc2cc(Cl)ccc21. The van der Waals surface area contributed by atoms with Gasteiger partial charge in [0.1, 0.15) is 11.2 Å². The molecule has 0 aliphatic carbocycles. The highest BCUT2D eigenvalue weighted by atomic mass is 35.5. The molecule has 1 atom stereocenters. The molecule has 1 aromatic heterocycles. The molecule has 0 spiro atoms. The van der Waals surface area contributed by atoms with Crippen LogP contribution in [0.3, 0.4) is 0 Å². The number of aromatic nitrogens is 1. The Kier molecular flexibility index (Phi) is 7.70. The standard InChI is InChI=1S/C27H29Cl2N5O3S/c1-19(34-12-2-3-20-17-21(28)4-9-25(20)34)27(35)33-15-13-32(14-16-33)23-5-7-24(8-6-23)38(36,37)31-22-10-11-30-26(29)18-22/h4-11,17-19H,2-3,12-16H2,1H3,(H,30,31)/t19-/m1/s1. The van der Waals surface area contributed by atoms with Gasteiger partial charge in [-0.25, -0.2) is 13.4 Å². The second-order valence-electron chi connectivity index (χ2n) is 9.52. The molecular formula is C27H29Cl2N5O3S. The number of carbonyl (C=O) groups excluding carboxylic acids is 1. The number of hydrogen-bond acceptors (Lipinski definition) is 6. The number of carbonyl (C=O) groups is 1. The topological polar surface area (TPSA) is 85.8 Å². The van der Waals surface area contributed by atoms with Crippen LogP contribution >= 0.6 is 23.2 Å². The van der Waals surface area contributed by atoms with Gasteiger partial charge in [-0.3, -0.25) is 9.52 Å². The Labute approximate surface area is 233 Å². The van der Waals surface area contributed by atoms with Crippen molar-refractivity contribution in [2.24, 2.45) is 0 Å². The minimum atomic E-state index is -3.76. The summed E-state index contributed by atoms with van der Waals surface area (Å²) in [6.07, 6.45) is 3.41. The van der Waals surface area contributed by atoms with Crippen LogP contribution in [-0.4, -0.2) is 63.0 Å². The van der Waals surface area contributed by atoms with E-state index in [9.17, 15) is 13.2 Å². The van der Waals surface area contributed by atoms with Gasteiger partial charge in [0.05, 0.1) is 10.6 Å². The van der Waals surface area contributed by atoms with E-state index in [0.717, 1.165) is 35.8 Å². The monoisotopic (exact) mass is 573 g/mol. The number of amides is 1. The normalized spacial score (nSPS) is 16.7. The first-order valence-corrected chi connectivity index (χ1v) is 14.8. The summed E-state index contributed by atoms with van der Waals surface area (Å²) in [5.41, 5.74) is 3.55. The second-order valence-corrected chi connectivity index (χ2v) is 12.0. The summed E-state index contributed by atoms with van der Waals surface area (Å²) < 4.78 is 28.0. The van der Waals surface area contributed by atoms with Gasteiger partial charge < -0.3 is 14.7 Å². The lowest BCUT2D eigenvalue weighted by molar-refractivity contribution is -0.132. The molecule has 11 heteroatoms. The third-order valence-corrected chi connectivity index (χ3v) is 8.94. The fourth-order valence-corrected chi connectivity index (χ4v) is 6.51. The Morgan fingerprint density at radius 1 is 0.974 bits per heavy atom. The molecule has 5 rings (SSSR count). The zero-order chi connectivity index (χ0) is 26.9. The van der Waals surface area contributed by atoms with Gasteiger partial charge in [-0.2, -0.15) is 0 Å². The Balaban J connectivity index is 1.19.